The van der Waals surface area contributed by atoms with Crippen LogP contribution < -0.4 is 4.90 Å². The van der Waals surface area contributed by atoms with Gasteiger partial charge in [-0.1, -0.05) is 77.8 Å². The van der Waals surface area contributed by atoms with Crippen LogP contribution >= 0.6 is 11.6 Å². The molecule has 1 aliphatic rings. The van der Waals surface area contributed by atoms with Gasteiger partial charge in [0.1, 0.15) is 0 Å². The van der Waals surface area contributed by atoms with E-state index in [0.717, 1.165) is 22.4 Å². The van der Waals surface area contributed by atoms with Crippen LogP contribution in [0.2, 0.25) is 5.02 Å². The average molecular weight is 348 g/mol. The first kappa shape index (κ1) is 15.9. The number of benzene rings is 3. The van der Waals surface area contributed by atoms with E-state index < -0.39 is 0 Å². The molecule has 0 aliphatic carbocycles. The lowest BCUT2D eigenvalue weighted by Crippen LogP contribution is -2.28. The Balaban J connectivity index is 1.78. The number of anilines is 1. The van der Waals surface area contributed by atoms with Gasteiger partial charge in [0.25, 0.3) is 0 Å². The molecule has 0 bridgehead atoms. The van der Waals surface area contributed by atoms with Crippen LogP contribution in [0.4, 0.5) is 5.69 Å². The van der Waals surface area contributed by atoms with E-state index in [0.29, 0.717) is 11.6 Å². The van der Waals surface area contributed by atoms with Crippen molar-refractivity contribution in [3.63, 3.8) is 0 Å². The molecule has 1 heterocycles. The lowest BCUT2D eigenvalue weighted by molar-refractivity contribution is -0.118. The molecule has 0 saturated carbocycles. The Bertz CT molecular complexity index is 919. The lowest BCUT2D eigenvalue weighted by Gasteiger charge is -2.18. The standard InChI is InChI=1S/C22H18ClNO/c1-15-7-9-17(10-8-15)21-19-12-11-18(23)13-20(19)24(22(21)25)14-16-5-3-2-4-6-16/h2-13,21H,14H2,1H3. The predicted molar refractivity (Wildman–Crippen MR) is 102 cm³/mol. The molecule has 1 atom stereocenters. The summed E-state index contributed by atoms with van der Waals surface area (Å²) in [4.78, 5) is 15.1. The molecule has 1 aliphatic heterocycles. The first-order valence-corrected chi connectivity index (χ1v) is 8.72. The number of halogens is 1. The minimum Gasteiger partial charge on any atom is -0.307 e. The van der Waals surface area contributed by atoms with Gasteiger partial charge in [-0.2, -0.15) is 0 Å². The predicted octanol–water partition coefficient (Wildman–Crippen LogP) is 5.33. The highest BCUT2D eigenvalue weighted by Crippen LogP contribution is 2.43. The van der Waals surface area contributed by atoms with Crippen molar-refractivity contribution in [1.29, 1.82) is 0 Å². The fourth-order valence-electron chi connectivity index (χ4n) is 3.41. The third kappa shape index (κ3) is 2.94. The van der Waals surface area contributed by atoms with E-state index in [-0.39, 0.29) is 11.8 Å². The van der Waals surface area contributed by atoms with Crippen molar-refractivity contribution >= 4 is 23.2 Å². The summed E-state index contributed by atoms with van der Waals surface area (Å²) in [7, 11) is 0. The molecule has 3 aromatic carbocycles. The van der Waals surface area contributed by atoms with Gasteiger partial charge < -0.3 is 4.90 Å². The second-order valence-electron chi connectivity index (χ2n) is 6.46. The molecule has 25 heavy (non-hydrogen) atoms. The molecule has 0 spiro atoms. The largest absolute Gasteiger partial charge is 0.307 e. The maximum atomic E-state index is 13.2. The van der Waals surface area contributed by atoms with Crippen molar-refractivity contribution in [2.75, 3.05) is 4.90 Å². The Hall–Kier alpha value is -2.58. The number of carbonyl (C=O) groups is 1. The summed E-state index contributed by atoms with van der Waals surface area (Å²) in [6.45, 7) is 2.60. The summed E-state index contributed by atoms with van der Waals surface area (Å²) in [5.41, 5.74) is 5.24. The van der Waals surface area contributed by atoms with Crippen LogP contribution in [-0.2, 0) is 11.3 Å². The highest BCUT2D eigenvalue weighted by molar-refractivity contribution is 6.31. The topological polar surface area (TPSA) is 20.3 Å². The fraction of sp³-hybridized carbons (Fsp3) is 0.136. The Morgan fingerprint density at radius 1 is 0.960 bits per heavy atom. The second-order valence-corrected chi connectivity index (χ2v) is 6.89. The number of nitrogens with zero attached hydrogens (tertiary/aromatic N) is 1. The molecule has 0 saturated heterocycles. The molecular weight excluding hydrogens is 330 g/mol. The molecule has 4 rings (SSSR count). The molecule has 0 fully saturated rings. The average Bonchev–Trinajstić information content (AvgIpc) is 2.88. The van der Waals surface area contributed by atoms with Gasteiger partial charge in [-0.3, -0.25) is 4.79 Å². The van der Waals surface area contributed by atoms with Gasteiger partial charge in [0.15, 0.2) is 0 Å². The van der Waals surface area contributed by atoms with Crippen molar-refractivity contribution < 1.29 is 4.79 Å². The summed E-state index contributed by atoms with van der Waals surface area (Å²) in [5, 5.41) is 0.647. The van der Waals surface area contributed by atoms with E-state index in [1.165, 1.54) is 5.56 Å². The number of hydrogen-bond donors (Lipinski definition) is 0. The summed E-state index contributed by atoms with van der Waals surface area (Å²) >= 11 is 6.22. The van der Waals surface area contributed by atoms with Crippen LogP contribution in [0.5, 0.6) is 0 Å². The number of fused-ring (bicyclic) bond motifs is 1. The molecule has 124 valence electrons. The van der Waals surface area contributed by atoms with E-state index in [1.54, 1.807) is 0 Å². The zero-order valence-electron chi connectivity index (χ0n) is 13.9. The molecule has 1 unspecified atom stereocenters. The Morgan fingerprint density at radius 2 is 1.68 bits per heavy atom. The SMILES string of the molecule is Cc1ccc(C2C(=O)N(Cc3ccccc3)c3cc(Cl)ccc32)cc1. The monoisotopic (exact) mass is 347 g/mol. The van der Waals surface area contributed by atoms with E-state index in [9.17, 15) is 4.79 Å². The summed E-state index contributed by atoms with van der Waals surface area (Å²) < 4.78 is 0. The quantitative estimate of drug-likeness (QED) is 0.627. The molecule has 3 heteroatoms. The number of aryl methyl sites for hydroxylation is 1. The zero-order chi connectivity index (χ0) is 17.4. The van der Waals surface area contributed by atoms with Crippen molar-refractivity contribution in [1.82, 2.24) is 0 Å². The van der Waals surface area contributed by atoms with Gasteiger partial charge in [-0.25, -0.2) is 0 Å². The molecular formula is C22H18ClNO. The van der Waals surface area contributed by atoms with E-state index in [1.807, 2.05) is 65.6 Å². The smallest absolute Gasteiger partial charge is 0.239 e. The Morgan fingerprint density at radius 3 is 2.40 bits per heavy atom. The van der Waals surface area contributed by atoms with Gasteiger partial charge in [0.05, 0.1) is 12.5 Å². The number of rotatable bonds is 3. The van der Waals surface area contributed by atoms with Gasteiger partial charge in [-0.15, -0.1) is 0 Å². The highest BCUT2D eigenvalue weighted by atomic mass is 35.5. The first-order chi connectivity index (χ1) is 12.1. The van der Waals surface area contributed by atoms with Crippen LogP contribution in [0.3, 0.4) is 0 Å². The number of hydrogen-bond acceptors (Lipinski definition) is 1. The van der Waals surface area contributed by atoms with Crippen LogP contribution in [0, 0.1) is 6.92 Å². The summed E-state index contributed by atoms with van der Waals surface area (Å²) in [5.74, 6) is -0.165. The van der Waals surface area contributed by atoms with Crippen LogP contribution in [0.25, 0.3) is 0 Å². The lowest BCUT2D eigenvalue weighted by atomic mass is 9.92. The molecule has 0 aromatic heterocycles. The van der Waals surface area contributed by atoms with E-state index in [4.69, 9.17) is 11.6 Å². The van der Waals surface area contributed by atoms with Crippen LogP contribution in [0.15, 0.2) is 72.8 Å². The molecule has 3 aromatic rings. The minimum atomic E-state index is -0.267. The van der Waals surface area contributed by atoms with Gasteiger partial charge >= 0.3 is 0 Å². The second kappa shape index (κ2) is 6.38. The maximum Gasteiger partial charge on any atom is 0.239 e. The van der Waals surface area contributed by atoms with Crippen LogP contribution in [-0.4, -0.2) is 5.91 Å². The van der Waals surface area contributed by atoms with Crippen LogP contribution in [0.1, 0.15) is 28.2 Å². The molecule has 0 N–H and O–H groups in total. The highest BCUT2D eigenvalue weighted by Gasteiger charge is 2.38. The summed E-state index contributed by atoms with van der Waals surface area (Å²) in [6.07, 6.45) is 0. The fourth-order valence-corrected chi connectivity index (χ4v) is 3.58. The molecule has 0 radical (unpaired) electrons. The third-order valence-electron chi connectivity index (χ3n) is 4.70. The summed E-state index contributed by atoms with van der Waals surface area (Å²) in [6, 6.07) is 24.0. The molecule has 2 nitrogen and oxygen atoms in total. The van der Waals surface area contributed by atoms with Crippen molar-refractivity contribution in [2.24, 2.45) is 0 Å². The number of amides is 1. The van der Waals surface area contributed by atoms with Crippen molar-refractivity contribution in [2.45, 2.75) is 19.4 Å². The van der Waals surface area contributed by atoms with Crippen molar-refractivity contribution in [3.05, 3.63) is 100 Å². The van der Waals surface area contributed by atoms with Gasteiger partial charge in [0, 0.05) is 10.7 Å². The normalized spacial score (nSPS) is 16.2. The van der Waals surface area contributed by atoms with Gasteiger partial charge in [0.2, 0.25) is 5.91 Å². The number of carbonyl (C=O) groups excluding carboxylic acids is 1. The molecule has 1 amide bonds. The van der Waals surface area contributed by atoms with Crippen molar-refractivity contribution in [3.8, 4) is 0 Å². The van der Waals surface area contributed by atoms with E-state index in [2.05, 4.69) is 19.1 Å². The van der Waals surface area contributed by atoms with Gasteiger partial charge in [-0.05, 0) is 35.7 Å². The maximum absolute atomic E-state index is 13.2. The Kier molecular flexibility index (Phi) is 4.06. The zero-order valence-corrected chi connectivity index (χ0v) is 14.7. The minimum absolute atomic E-state index is 0.102. The Labute approximate surface area is 152 Å². The van der Waals surface area contributed by atoms with E-state index >= 15 is 0 Å². The first-order valence-electron chi connectivity index (χ1n) is 8.35. The third-order valence-corrected chi connectivity index (χ3v) is 4.94.